The predicted octanol–water partition coefficient (Wildman–Crippen LogP) is 3.01. The van der Waals surface area contributed by atoms with Crippen molar-refractivity contribution in [3.8, 4) is 0 Å². The van der Waals surface area contributed by atoms with Gasteiger partial charge in [-0.15, -0.1) is 0 Å². The minimum absolute atomic E-state index is 0.0431. The lowest BCUT2D eigenvalue weighted by Gasteiger charge is -2.29. The first kappa shape index (κ1) is 11.5. The zero-order valence-corrected chi connectivity index (χ0v) is 9.47. The fourth-order valence-electron chi connectivity index (χ4n) is 2.78. The van der Waals surface area contributed by atoms with Crippen LogP contribution in [-0.2, 0) is 5.41 Å². The Morgan fingerprint density at radius 3 is 2.44 bits per heavy atom. The van der Waals surface area contributed by atoms with Crippen molar-refractivity contribution < 1.29 is 8.78 Å². The van der Waals surface area contributed by atoms with E-state index in [-0.39, 0.29) is 12.8 Å². The summed E-state index contributed by atoms with van der Waals surface area (Å²) >= 11 is 0. The number of hydrogen-bond donors (Lipinski definition) is 1. The molecule has 16 heavy (non-hydrogen) atoms. The summed E-state index contributed by atoms with van der Waals surface area (Å²) in [6, 6.07) is 7.72. The number of aryl methyl sites for hydroxylation is 1. The Bertz CT molecular complexity index is 389. The SMILES string of the molecule is Cc1ccccc1C1(CN)CCC(F)(F)C1. The van der Waals surface area contributed by atoms with Crippen LogP contribution in [0.4, 0.5) is 8.78 Å². The third-order valence-corrected chi connectivity index (χ3v) is 3.67. The molecule has 1 unspecified atom stereocenters. The van der Waals surface area contributed by atoms with Crippen LogP contribution in [0.1, 0.15) is 30.4 Å². The van der Waals surface area contributed by atoms with Crippen LogP contribution >= 0.6 is 0 Å². The topological polar surface area (TPSA) is 26.0 Å². The Morgan fingerprint density at radius 2 is 1.94 bits per heavy atom. The molecule has 0 aromatic heterocycles. The van der Waals surface area contributed by atoms with Gasteiger partial charge in [0, 0.05) is 24.8 Å². The molecule has 1 aromatic carbocycles. The molecule has 0 spiro atoms. The van der Waals surface area contributed by atoms with E-state index in [9.17, 15) is 8.78 Å². The van der Waals surface area contributed by atoms with Crippen molar-refractivity contribution in [2.75, 3.05) is 6.54 Å². The average molecular weight is 225 g/mol. The van der Waals surface area contributed by atoms with Crippen LogP contribution in [0.15, 0.2) is 24.3 Å². The van der Waals surface area contributed by atoms with Crippen LogP contribution in [-0.4, -0.2) is 12.5 Å². The van der Waals surface area contributed by atoms with Crippen molar-refractivity contribution in [2.24, 2.45) is 5.73 Å². The fraction of sp³-hybridized carbons (Fsp3) is 0.538. The molecule has 1 fully saturated rings. The molecular formula is C13H17F2N. The number of alkyl halides is 2. The molecule has 2 N–H and O–H groups in total. The van der Waals surface area contributed by atoms with Gasteiger partial charge in [-0.05, 0) is 24.5 Å². The highest BCUT2D eigenvalue weighted by molar-refractivity contribution is 5.35. The average Bonchev–Trinajstić information content (AvgIpc) is 2.56. The Kier molecular flexibility index (Phi) is 2.74. The number of hydrogen-bond acceptors (Lipinski definition) is 1. The summed E-state index contributed by atoms with van der Waals surface area (Å²) in [6.45, 7) is 2.26. The van der Waals surface area contributed by atoms with Gasteiger partial charge in [0.05, 0.1) is 0 Å². The first-order chi connectivity index (χ1) is 7.49. The maximum atomic E-state index is 13.4. The van der Waals surface area contributed by atoms with E-state index in [1.165, 1.54) is 0 Å². The van der Waals surface area contributed by atoms with Gasteiger partial charge in [0.2, 0.25) is 5.92 Å². The molecule has 1 aliphatic rings. The van der Waals surface area contributed by atoms with Crippen LogP contribution in [0.2, 0.25) is 0 Å². The maximum absolute atomic E-state index is 13.4. The van der Waals surface area contributed by atoms with E-state index in [2.05, 4.69) is 0 Å². The highest BCUT2D eigenvalue weighted by atomic mass is 19.3. The number of halogens is 2. The van der Waals surface area contributed by atoms with Gasteiger partial charge < -0.3 is 5.73 Å². The molecule has 0 aliphatic heterocycles. The Labute approximate surface area is 94.7 Å². The number of benzene rings is 1. The van der Waals surface area contributed by atoms with Gasteiger partial charge in [-0.25, -0.2) is 8.78 Å². The molecule has 1 nitrogen and oxygen atoms in total. The van der Waals surface area contributed by atoms with Crippen LogP contribution in [0, 0.1) is 6.92 Å². The van der Waals surface area contributed by atoms with E-state index < -0.39 is 11.3 Å². The minimum Gasteiger partial charge on any atom is -0.330 e. The van der Waals surface area contributed by atoms with Crippen LogP contribution in [0.5, 0.6) is 0 Å². The van der Waals surface area contributed by atoms with Gasteiger partial charge in [-0.2, -0.15) is 0 Å². The molecule has 1 aliphatic carbocycles. The lowest BCUT2D eigenvalue weighted by atomic mass is 9.77. The fourth-order valence-corrected chi connectivity index (χ4v) is 2.78. The lowest BCUT2D eigenvalue weighted by molar-refractivity contribution is 0.00299. The van der Waals surface area contributed by atoms with Gasteiger partial charge in [0.1, 0.15) is 0 Å². The van der Waals surface area contributed by atoms with Crippen LogP contribution in [0.3, 0.4) is 0 Å². The first-order valence-corrected chi connectivity index (χ1v) is 5.63. The van der Waals surface area contributed by atoms with Gasteiger partial charge in [0.25, 0.3) is 0 Å². The zero-order chi connectivity index (χ0) is 11.8. The van der Waals surface area contributed by atoms with Crippen molar-refractivity contribution in [1.29, 1.82) is 0 Å². The summed E-state index contributed by atoms with van der Waals surface area (Å²) in [6.07, 6.45) is 0.335. The van der Waals surface area contributed by atoms with Gasteiger partial charge in [-0.3, -0.25) is 0 Å². The van der Waals surface area contributed by atoms with Gasteiger partial charge >= 0.3 is 0 Å². The van der Waals surface area contributed by atoms with Crippen molar-refractivity contribution >= 4 is 0 Å². The van der Waals surface area contributed by atoms with Crippen molar-refractivity contribution in [2.45, 2.75) is 37.5 Å². The molecule has 0 heterocycles. The standard InChI is InChI=1S/C13H17F2N/c1-10-4-2-3-5-11(10)12(9-16)6-7-13(14,15)8-12/h2-5H,6-9,16H2,1H3. The Balaban J connectivity index is 2.41. The number of nitrogens with two attached hydrogens (primary N) is 1. The van der Waals surface area contributed by atoms with E-state index >= 15 is 0 Å². The summed E-state index contributed by atoms with van der Waals surface area (Å²) < 4.78 is 26.8. The molecule has 2 rings (SSSR count). The predicted molar refractivity (Wildman–Crippen MR) is 60.7 cm³/mol. The second-order valence-electron chi connectivity index (χ2n) is 4.83. The first-order valence-electron chi connectivity index (χ1n) is 5.63. The molecule has 0 amide bonds. The zero-order valence-electron chi connectivity index (χ0n) is 9.47. The molecule has 0 radical (unpaired) electrons. The number of rotatable bonds is 2. The monoisotopic (exact) mass is 225 g/mol. The Morgan fingerprint density at radius 1 is 1.25 bits per heavy atom. The van der Waals surface area contributed by atoms with E-state index in [1.807, 2.05) is 31.2 Å². The summed E-state index contributed by atoms with van der Waals surface area (Å²) in [4.78, 5) is 0. The molecule has 0 bridgehead atoms. The Hall–Kier alpha value is -0.960. The maximum Gasteiger partial charge on any atom is 0.249 e. The molecule has 3 heteroatoms. The summed E-state index contributed by atoms with van der Waals surface area (Å²) in [5.41, 5.74) is 7.29. The summed E-state index contributed by atoms with van der Waals surface area (Å²) in [5, 5.41) is 0. The lowest BCUT2D eigenvalue weighted by Crippen LogP contribution is -2.34. The van der Waals surface area contributed by atoms with Crippen LogP contribution in [0.25, 0.3) is 0 Å². The molecule has 0 saturated heterocycles. The molecule has 1 saturated carbocycles. The molecule has 1 atom stereocenters. The second kappa shape index (κ2) is 3.81. The molecular weight excluding hydrogens is 208 g/mol. The molecule has 1 aromatic rings. The minimum atomic E-state index is -2.55. The van der Waals surface area contributed by atoms with E-state index in [0.717, 1.165) is 11.1 Å². The van der Waals surface area contributed by atoms with Crippen molar-refractivity contribution in [1.82, 2.24) is 0 Å². The van der Waals surface area contributed by atoms with E-state index in [4.69, 9.17) is 5.73 Å². The second-order valence-corrected chi connectivity index (χ2v) is 4.83. The molecule has 88 valence electrons. The highest BCUT2D eigenvalue weighted by Crippen LogP contribution is 2.49. The van der Waals surface area contributed by atoms with Crippen molar-refractivity contribution in [3.63, 3.8) is 0 Å². The van der Waals surface area contributed by atoms with Gasteiger partial charge in [-0.1, -0.05) is 24.3 Å². The summed E-state index contributed by atoms with van der Waals surface area (Å²) in [7, 11) is 0. The quantitative estimate of drug-likeness (QED) is 0.822. The van der Waals surface area contributed by atoms with Gasteiger partial charge in [0.15, 0.2) is 0 Å². The van der Waals surface area contributed by atoms with E-state index in [0.29, 0.717) is 13.0 Å². The highest BCUT2D eigenvalue weighted by Gasteiger charge is 2.49. The normalized spacial score (nSPS) is 28.2. The van der Waals surface area contributed by atoms with Crippen LogP contribution < -0.4 is 5.73 Å². The summed E-state index contributed by atoms with van der Waals surface area (Å²) in [5.74, 6) is -2.55. The van der Waals surface area contributed by atoms with E-state index in [1.54, 1.807) is 0 Å². The third-order valence-electron chi connectivity index (χ3n) is 3.67. The smallest absolute Gasteiger partial charge is 0.249 e. The largest absolute Gasteiger partial charge is 0.330 e. The third kappa shape index (κ3) is 1.84. The van der Waals surface area contributed by atoms with Crippen molar-refractivity contribution in [3.05, 3.63) is 35.4 Å².